The number of ether oxygens (including phenoxy) is 2. The Labute approximate surface area is 178 Å². The number of carbonyl (C=O) groups is 1. The number of guanidine groups is 1. The molecule has 3 rings (SSSR count). The zero-order valence-corrected chi connectivity index (χ0v) is 16.4. The molecule has 4 N–H and O–H groups in total. The summed E-state index contributed by atoms with van der Waals surface area (Å²) in [7, 11) is 0. The van der Waals surface area contributed by atoms with Crippen molar-refractivity contribution in [2.75, 3.05) is 24.6 Å². The Morgan fingerprint density at radius 1 is 1.31 bits per heavy atom. The van der Waals surface area contributed by atoms with Crippen molar-refractivity contribution < 1.29 is 36.2 Å². The highest BCUT2D eigenvalue weighted by atomic mass is 19.4. The maximum Gasteiger partial charge on any atom is 0.414 e. The van der Waals surface area contributed by atoms with Gasteiger partial charge < -0.3 is 20.1 Å². The number of nitrogens with one attached hydrogen (secondary N) is 2. The monoisotopic (exact) mass is 459 g/mol. The molecule has 0 bridgehead atoms. The number of nitrogens with two attached hydrogens (primary N) is 1. The van der Waals surface area contributed by atoms with Gasteiger partial charge >= 0.3 is 12.3 Å². The van der Waals surface area contributed by atoms with Gasteiger partial charge in [-0.3, -0.25) is 10.7 Å². The second kappa shape index (κ2) is 9.34. The second-order valence-electron chi connectivity index (χ2n) is 6.88. The molecule has 1 aliphatic rings. The van der Waals surface area contributed by atoms with Gasteiger partial charge in [0, 0.05) is 36.0 Å². The van der Waals surface area contributed by atoms with Gasteiger partial charge in [0.15, 0.2) is 17.6 Å². The predicted octanol–water partition coefficient (Wildman–Crippen LogP) is 2.91. The van der Waals surface area contributed by atoms with E-state index in [9.17, 15) is 26.7 Å². The molecule has 32 heavy (non-hydrogen) atoms. The summed E-state index contributed by atoms with van der Waals surface area (Å²) < 4.78 is 75.4. The molecule has 1 fully saturated rings. The molecule has 172 valence electrons. The lowest BCUT2D eigenvalue weighted by molar-refractivity contribution is -0.187. The van der Waals surface area contributed by atoms with Gasteiger partial charge in [0.2, 0.25) is 0 Å². The van der Waals surface area contributed by atoms with E-state index in [-0.39, 0.29) is 35.6 Å². The summed E-state index contributed by atoms with van der Waals surface area (Å²) in [6.07, 6.45) is -4.93. The molecule has 1 aromatic heterocycles. The lowest BCUT2D eigenvalue weighted by Gasteiger charge is -2.39. The van der Waals surface area contributed by atoms with Crippen molar-refractivity contribution >= 4 is 17.9 Å². The highest BCUT2D eigenvalue weighted by Gasteiger charge is 2.35. The number of halogens is 5. The summed E-state index contributed by atoms with van der Waals surface area (Å²) in [4.78, 5) is 16.8. The molecule has 13 heteroatoms. The lowest BCUT2D eigenvalue weighted by Crippen LogP contribution is -2.53. The number of benzene rings is 1. The Bertz CT molecular complexity index is 1010. The number of alkyl carbamates (subject to hydrolysis) is 1. The van der Waals surface area contributed by atoms with Crippen molar-refractivity contribution in [3.05, 3.63) is 47.7 Å². The third-order valence-corrected chi connectivity index (χ3v) is 4.44. The average molecular weight is 459 g/mol. The van der Waals surface area contributed by atoms with E-state index in [2.05, 4.69) is 4.98 Å². The van der Waals surface area contributed by atoms with E-state index >= 15 is 0 Å². The lowest BCUT2D eigenvalue weighted by atomic mass is 10.0. The molecule has 1 aliphatic heterocycles. The molecule has 2 aromatic rings. The van der Waals surface area contributed by atoms with E-state index in [0.29, 0.717) is 0 Å². The summed E-state index contributed by atoms with van der Waals surface area (Å²) in [5.74, 6) is -2.26. The first-order chi connectivity index (χ1) is 15.0. The van der Waals surface area contributed by atoms with Crippen LogP contribution in [0.1, 0.15) is 5.56 Å². The average Bonchev–Trinajstić information content (AvgIpc) is 2.65. The molecular weight excluding hydrogens is 441 g/mol. The number of hydrogen-bond donors (Lipinski definition) is 3. The molecule has 0 spiro atoms. The molecule has 8 nitrogen and oxygen atoms in total. The van der Waals surface area contributed by atoms with E-state index in [4.69, 9.17) is 20.6 Å². The number of hydrogen-bond acceptors (Lipinski definition) is 6. The first-order valence-corrected chi connectivity index (χ1v) is 9.18. The highest BCUT2D eigenvalue weighted by molar-refractivity contribution is 5.90. The third kappa shape index (κ3) is 5.81. The standard InChI is InChI=1S/C19H18F5N5O3/c20-14-4-11(5-27-16(14)29-6-12(7-29)32-9-19(22,23)24)13-3-1-2-10(15(13)21)8-31-18(30)28-17(25)26/h1-5,12H,6-9H2,(H4,25,26,28,30). The van der Waals surface area contributed by atoms with Crippen LogP contribution in [0.4, 0.5) is 32.6 Å². The number of aromatic nitrogens is 1. The minimum absolute atomic E-state index is 0.00177. The quantitative estimate of drug-likeness (QED) is 0.348. The highest BCUT2D eigenvalue weighted by Crippen LogP contribution is 2.30. The number of anilines is 1. The maximum absolute atomic E-state index is 14.8. The van der Waals surface area contributed by atoms with Crippen LogP contribution in [0.5, 0.6) is 0 Å². The van der Waals surface area contributed by atoms with Crippen LogP contribution in [0.2, 0.25) is 0 Å². The molecule has 0 atom stereocenters. The Balaban J connectivity index is 1.66. The fourth-order valence-corrected chi connectivity index (χ4v) is 2.94. The van der Waals surface area contributed by atoms with E-state index in [1.165, 1.54) is 29.3 Å². The van der Waals surface area contributed by atoms with Crippen molar-refractivity contribution in [1.82, 2.24) is 10.3 Å². The number of amides is 1. The van der Waals surface area contributed by atoms with Gasteiger partial charge in [-0.15, -0.1) is 0 Å². The third-order valence-electron chi connectivity index (χ3n) is 4.44. The molecule has 0 saturated carbocycles. The summed E-state index contributed by atoms with van der Waals surface area (Å²) in [5.41, 5.74) is 5.11. The van der Waals surface area contributed by atoms with E-state index in [0.717, 1.165) is 6.07 Å². The number of rotatable bonds is 6. The number of alkyl halides is 3. The van der Waals surface area contributed by atoms with Gasteiger partial charge in [-0.05, 0) is 6.07 Å². The van der Waals surface area contributed by atoms with Crippen LogP contribution in [0.25, 0.3) is 11.1 Å². The minimum atomic E-state index is -4.44. The van der Waals surface area contributed by atoms with Crippen LogP contribution in [0, 0.1) is 17.0 Å². The zero-order valence-electron chi connectivity index (χ0n) is 16.4. The van der Waals surface area contributed by atoms with Crippen LogP contribution in [0.3, 0.4) is 0 Å². The van der Waals surface area contributed by atoms with Crippen LogP contribution in [-0.2, 0) is 16.1 Å². The summed E-state index contributed by atoms with van der Waals surface area (Å²) in [6, 6.07) is 5.27. The van der Waals surface area contributed by atoms with Crippen LogP contribution < -0.4 is 16.0 Å². The van der Waals surface area contributed by atoms with Crippen molar-refractivity contribution in [1.29, 1.82) is 5.41 Å². The number of pyridine rings is 1. The van der Waals surface area contributed by atoms with Crippen molar-refractivity contribution in [2.45, 2.75) is 18.9 Å². The van der Waals surface area contributed by atoms with Crippen molar-refractivity contribution in [2.24, 2.45) is 5.73 Å². The van der Waals surface area contributed by atoms with Gasteiger partial charge in [-0.1, -0.05) is 18.2 Å². The molecule has 1 amide bonds. The molecule has 0 unspecified atom stereocenters. The van der Waals surface area contributed by atoms with Gasteiger partial charge in [0.1, 0.15) is 19.0 Å². The zero-order chi connectivity index (χ0) is 23.5. The predicted molar refractivity (Wildman–Crippen MR) is 103 cm³/mol. The molecule has 2 heterocycles. The van der Waals surface area contributed by atoms with Gasteiger partial charge in [0.05, 0.1) is 6.10 Å². The fraction of sp³-hybridized carbons (Fsp3) is 0.316. The normalized spacial score (nSPS) is 14.1. The molecule has 1 saturated heterocycles. The number of carbonyl (C=O) groups excluding carboxylic acids is 1. The Hall–Kier alpha value is -3.48. The maximum atomic E-state index is 14.8. The fourth-order valence-electron chi connectivity index (χ4n) is 2.94. The van der Waals surface area contributed by atoms with E-state index < -0.39 is 49.2 Å². The van der Waals surface area contributed by atoms with E-state index in [1.54, 1.807) is 0 Å². The van der Waals surface area contributed by atoms with Crippen molar-refractivity contribution in [3.8, 4) is 11.1 Å². The smallest absolute Gasteiger partial charge is 0.414 e. The molecule has 1 aromatic carbocycles. The first-order valence-electron chi connectivity index (χ1n) is 9.18. The Morgan fingerprint density at radius 3 is 2.66 bits per heavy atom. The summed E-state index contributed by atoms with van der Waals surface area (Å²) >= 11 is 0. The van der Waals surface area contributed by atoms with Crippen LogP contribution in [-0.4, -0.2) is 49.0 Å². The summed E-state index contributed by atoms with van der Waals surface area (Å²) in [5, 5.41) is 8.81. The SMILES string of the molecule is N=C(N)NC(=O)OCc1cccc(-c2cnc(N3CC(OCC(F)(F)F)C3)c(F)c2)c1F. The van der Waals surface area contributed by atoms with Gasteiger partial charge in [-0.2, -0.15) is 13.2 Å². The van der Waals surface area contributed by atoms with Crippen LogP contribution >= 0.6 is 0 Å². The molecular formula is C19H18F5N5O3. The molecule has 0 aliphatic carbocycles. The van der Waals surface area contributed by atoms with Crippen LogP contribution in [0.15, 0.2) is 30.5 Å². The van der Waals surface area contributed by atoms with E-state index in [1.807, 2.05) is 5.32 Å². The van der Waals surface area contributed by atoms with Gasteiger partial charge in [-0.25, -0.2) is 18.6 Å². The minimum Gasteiger partial charge on any atom is -0.444 e. The topological polar surface area (TPSA) is 114 Å². The number of nitrogens with zero attached hydrogens (tertiary/aromatic N) is 2. The van der Waals surface area contributed by atoms with Crippen molar-refractivity contribution in [3.63, 3.8) is 0 Å². The summed E-state index contributed by atoms with van der Waals surface area (Å²) in [6.45, 7) is -1.75. The Kier molecular flexibility index (Phi) is 6.77. The molecule has 0 radical (unpaired) electrons. The first kappa shape index (κ1) is 23.2. The van der Waals surface area contributed by atoms with Gasteiger partial charge in [0.25, 0.3) is 0 Å². The second-order valence-corrected chi connectivity index (χ2v) is 6.88. The largest absolute Gasteiger partial charge is 0.444 e. The Morgan fingerprint density at radius 2 is 2.03 bits per heavy atom.